The van der Waals surface area contributed by atoms with E-state index in [1.807, 2.05) is 28.8 Å². The molecule has 3 heterocycles. The second kappa shape index (κ2) is 6.88. The van der Waals surface area contributed by atoms with Gasteiger partial charge in [0, 0.05) is 18.7 Å². The Morgan fingerprint density at radius 2 is 1.69 bits per heavy atom. The van der Waals surface area contributed by atoms with Crippen LogP contribution in [-0.2, 0) is 17.9 Å². The van der Waals surface area contributed by atoms with E-state index in [1.54, 1.807) is 23.1 Å². The number of nitrogens with zero attached hydrogens (tertiary/aromatic N) is 5. The molecule has 0 radical (unpaired) electrons. The molecule has 0 spiro atoms. The van der Waals surface area contributed by atoms with Gasteiger partial charge in [-0.3, -0.25) is 4.79 Å². The summed E-state index contributed by atoms with van der Waals surface area (Å²) in [6.45, 7) is 1.60. The average molecular weight is 393 g/mol. The van der Waals surface area contributed by atoms with E-state index in [-0.39, 0.29) is 30.5 Å². The molecular weight excluding hydrogens is 373 g/mol. The predicted molar refractivity (Wildman–Crippen MR) is 106 cm³/mol. The molecule has 2 aromatic carbocycles. The zero-order valence-corrected chi connectivity index (χ0v) is 15.8. The molecule has 1 amide bonds. The summed E-state index contributed by atoms with van der Waals surface area (Å²) in [4.78, 5) is 27.3. The summed E-state index contributed by atoms with van der Waals surface area (Å²) in [6, 6.07) is 14.0. The maximum Gasteiger partial charge on any atom is 0.352 e. The van der Waals surface area contributed by atoms with Crippen LogP contribution in [-0.4, -0.2) is 42.6 Å². The smallest absolute Gasteiger partial charge is 0.341 e. The second-order valence-corrected chi connectivity index (χ2v) is 7.33. The topological polar surface area (TPSA) is 64.5 Å². The molecule has 5 rings (SSSR count). The lowest BCUT2D eigenvalue weighted by molar-refractivity contribution is -0.131. The molecule has 0 aliphatic carbocycles. The molecule has 7 nitrogen and oxygen atoms in total. The third-order valence-electron chi connectivity index (χ3n) is 5.51. The van der Waals surface area contributed by atoms with Crippen molar-refractivity contribution in [3.05, 3.63) is 70.4 Å². The second-order valence-electron chi connectivity index (χ2n) is 7.33. The molecule has 0 atom stereocenters. The molecule has 1 saturated heterocycles. The van der Waals surface area contributed by atoms with Crippen LogP contribution < -0.4 is 5.69 Å². The van der Waals surface area contributed by atoms with E-state index in [2.05, 4.69) is 5.10 Å². The Labute approximate surface area is 165 Å². The third kappa shape index (κ3) is 2.91. The Morgan fingerprint density at radius 1 is 1.00 bits per heavy atom. The molecule has 29 heavy (non-hydrogen) atoms. The van der Waals surface area contributed by atoms with E-state index >= 15 is 0 Å². The molecule has 0 bridgehead atoms. The molecule has 4 aromatic rings. The summed E-state index contributed by atoms with van der Waals surface area (Å²) >= 11 is 0. The monoisotopic (exact) mass is 393 g/mol. The van der Waals surface area contributed by atoms with Crippen molar-refractivity contribution in [2.24, 2.45) is 0 Å². The number of carbonyl (C=O) groups is 1. The van der Waals surface area contributed by atoms with Gasteiger partial charge in [-0.15, -0.1) is 5.10 Å². The highest BCUT2D eigenvalue weighted by molar-refractivity contribution is 5.81. The van der Waals surface area contributed by atoms with Crippen molar-refractivity contribution in [1.29, 1.82) is 0 Å². The summed E-state index contributed by atoms with van der Waals surface area (Å²) in [5.41, 5.74) is 1.61. The number of carbonyl (C=O) groups excluding carboxylic acids is 1. The first-order valence-corrected chi connectivity index (χ1v) is 9.71. The van der Waals surface area contributed by atoms with Gasteiger partial charge in [-0.1, -0.05) is 30.3 Å². The van der Waals surface area contributed by atoms with E-state index in [0.717, 1.165) is 31.4 Å². The van der Waals surface area contributed by atoms with E-state index in [9.17, 15) is 14.0 Å². The fraction of sp³-hybridized carbons (Fsp3) is 0.286. The van der Waals surface area contributed by atoms with Crippen LogP contribution in [0.2, 0.25) is 0 Å². The number of imidazole rings is 1. The zero-order chi connectivity index (χ0) is 20.0. The third-order valence-corrected chi connectivity index (χ3v) is 5.51. The van der Waals surface area contributed by atoms with E-state index < -0.39 is 0 Å². The molecule has 148 valence electrons. The fourth-order valence-corrected chi connectivity index (χ4v) is 4.02. The van der Waals surface area contributed by atoms with Crippen molar-refractivity contribution in [3.8, 4) is 0 Å². The SMILES string of the molecule is O=C(Cn1nc2n(Cc3ccccc3F)c3ccccc3n2c1=O)N1CCCC1. The van der Waals surface area contributed by atoms with Gasteiger partial charge in [0.15, 0.2) is 0 Å². The fourth-order valence-electron chi connectivity index (χ4n) is 4.02. The van der Waals surface area contributed by atoms with Gasteiger partial charge in [-0.05, 0) is 31.0 Å². The van der Waals surface area contributed by atoms with Crippen LogP contribution in [0, 0.1) is 5.82 Å². The van der Waals surface area contributed by atoms with Gasteiger partial charge >= 0.3 is 5.69 Å². The van der Waals surface area contributed by atoms with Gasteiger partial charge in [0.05, 0.1) is 17.6 Å². The number of fused-ring (bicyclic) bond motifs is 3. The summed E-state index contributed by atoms with van der Waals surface area (Å²) in [6.07, 6.45) is 1.98. The normalized spacial score (nSPS) is 14.3. The van der Waals surface area contributed by atoms with Crippen LogP contribution in [0.3, 0.4) is 0 Å². The lowest BCUT2D eigenvalue weighted by Gasteiger charge is -2.14. The lowest BCUT2D eigenvalue weighted by Crippen LogP contribution is -2.34. The predicted octanol–water partition coefficient (Wildman–Crippen LogP) is 2.26. The first-order chi connectivity index (χ1) is 14.1. The van der Waals surface area contributed by atoms with Crippen molar-refractivity contribution in [1.82, 2.24) is 23.6 Å². The first kappa shape index (κ1) is 17.7. The van der Waals surface area contributed by atoms with Crippen LogP contribution in [0.15, 0.2) is 53.3 Å². The minimum Gasteiger partial charge on any atom is -0.341 e. The number of likely N-dealkylation sites (tertiary alicyclic amines) is 1. The largest absolute Gasteiger partial charge is 0.352 e. The minimum absolute atomic E-state index is 0.0888. The Bertz CT molecular complexity index is 1280. The van der Waals surface area contributed by atoms with Crippen LogP contribution in [0.25, 0.3) is 16.8 Å². The highest BCUT2D eigenvalue weighted by atomic mass is 19.1. The molecule has 0 unspecified atom stereocenters. The van der Waals surface area contributed by atoms with E-state index in [1.165, 1.54) is 15.1 Å². The summed E-state index contributed by atoms with van der Waals surface area (Å²) in [5.74, 6) is -0.0154. The van der Waals surface area contributed by atoms with Crippen LogP contribution >= 0.6 is 0 Å². The number of rotatable bonds is 4. The van der Waals surface area contributed by atoms with E-state index in [4.69, 9.17) is 0 Å². The molecule has 2 aromatic heterocycles. The van der Waals surface area contributed by atoms with Crippen LogP contribution in [0.5, 0.6) is 0 Å². The van der Waals surface area contributed by atoms with Crippen LogP contribution in [0.1, 0.15) is 18.4 Å². The maximum atomic E-state index is 14.3. The highest BCUT2D eigenvalue weighted by Gasteiger charge is 2.23. The number of halogens is 1. The van der Waals surface area contributed by atoms with Crippen molar-refractivity contribution in [2.75, 3.05) is 13.1 Å². The molecule has 0 saturated carbocycles. The lowest BCUT2D eigenvalue weighted by atomic mass is 10.2. The highest BCUT2D eigenvalue weighted by Crippen LogP contribution is 2.21. The number of para-hydroxylation sites is 2. The van der Waals surface area contributed by atoms with E-state index in [0.29, 0.717) is 16.9 Å². The molecule has 8 heteroatoms. The van der Waals surface area contributed by atoms with Gasteiger partial charge in [-0.25, -0.2) is 18.3 Å². The Balaban J connectivity index is 1.62. The summed E-state index contributed by atoms with van der Waals surface area (Å²) in [5, 5.41) is 4.45. The van der Waals surface area contributed by atoms with Crippen LogP contribution in [0.4, 0.5) is 4.39 Å². The number of benzene rings is 2. The Kier molecular flexibility index (Phi) is 4.19. The summed E-state index contributed by atoms with van der Waals surface area (Å²) in [7, 11) is 0. The first-order valence-electron chi connectivity index (χ1n) is 9.71. The molecule has 1 aliphatic heterocycles. The number of hydrogen-bond acceptors (Lipinski definition) is 3. The average Bonchev–Trinajstić information content (AvgIpc) is 3.43. The van der Waals surface area contributed by atoms with Crippen molar-refractivity contribution in [2.45, 2.75) is 25.9 Å². The number of hydrogen-bond donors (Lipinski definition) is 0. The van der Waals surface area contributed by atoms with Gasteiger partial charge in [0.1, 0.15) is 12.4 Å². The maximum absolute atomic E-state index is 14.3. The Morgan fingerprint density at radius 3 is 2.45 bits per heavy atom. The van der Waals surface area contributed by atoms with Crippen molar-refractivity contribution >= 4 is 22.7 Å². The van der Waals surface area contributed by atoms with Crippen molar-refractivity contribution < 1.29 is 9.18 Å². The molecular formula is C21H20FN5O2. The number of aromatic nitrogens is 4. The molecule has 1 fully saturated rings. The van der Waals surface area contributed by atoms with Gasteiger partial charge in [0.2, 0.25) is 11.7 Å². The molecule has 0 N–H and O–H groups in total. The zero-order valence-electron chi connectivity index (χ0n) is 15.8. The quantitative estimate of drug-likeness (QED) is 0.534. The Hall–Kier alpha value is -3.42. The number of amides is 1. The van der Waals surface area contributed by atoms with Crippen molar-refractivity contribution in [3.63, 3.8) is 0 Å². The molecule has 1 aliphatic rings. The van der Waals surface area contributed by atoms with Gasteiger partial charge < -0.3 is 9.47 Å². The van der Waals surface area contributed by atoms with Gasteiger partial charge in [0.25, 0.3) is 0 Å². The van der Waals surface area contributed by atoms with Gasteiger partial charge in [-0.2, -0.15) is 0 Å². The summed E-state index contributed by atoms with van der Waals surface area (Å²) < 4.78 is 18.8. The minimum atomic E-state index is -0.365. The standard InChI is InChI=1S/C21H20FN5O2/c22-16-8-2-1-7-15(16)13-25-17-9-3-4-10-18(17)27-20(25)23-26(21(27)29)14-19(28)24-11-5-6-12-24/h1-4,7-10H,5-6,11-14H2.